The zero-order valence-electron chi connectivity index (χ0n) is 9.32. The molecular formula is C12H18O3. The monoisotopic (exact) mass is 210 g/mol. The van der Waals surface area contributed by atoms with Crippen molar-refractivity contribution in [3.05, 3.63) is 11.6 Å². The molecule has 0 aromatic rings. The normalized spacial score (nSPS) is 41.3. The van der Waals surface area contributed by atoms with E-state index in [0.29, 0.717) is 12.3 Å². The third-order valence-electron chi connectivity index (χ3n) is 3.80. The molecule has 1 fully saturated rings. The fourth-order valence-corrected chi connectivity index (χ4v) is 2.77. The molecule has 3 nitrogen and oxygen atoms in total. The van der Waals surface area contributed by atoms with Gasteiger partial charge in [-0.2, -0.15) is 0 Å². The van der Waals surface area contributed by atoms with Crippen LogP contribution < -0.4 is 0 Å². The van der Waals surface area contributed by atoms with E-state index in [4.69, 9.17) is 4.74 Å². The zero-order valence-corrected chi connectivity index (χ0v) is 9.32. The third kappa shape index (κ3) is 1.69. The molecule has 0 amide bonds. The van der Waals surface area contributed by atoms with Crippen molar-refractivity contribution in [1.29, 1.82) is 0 Å². The van der Waals surface area contributed by atoms with Gasteiger partial charge in [0.1, 0.15) is 5.60 Å². The van der Waals surface area contributed by atoms with Crippen LogP contribution in [0.5, 0.6) is 0 Å². The summed E-state index contributed by atoms with van der Waals surface area (Å²) in [5, 5.41) is 9.67. The van der Waals surface area contributed by atoms with Crippen molar-refractivity contribution in [2.75, 3.05) is 0 Å². The van der Waals surface area contributed by atoms with E-state index in [1.807, 2.05) is 13.0 Å². The van der Waals surface area contributed by atoms with E-state index in [0.717, 1.165) is 24.8 Å². The molecule has 15 heavy (non-hydrogen) atoms. The largest absolute Gasteiger partial charge is 0.454 e. The molecule has 0 aromatic carbocycles. The average Bonchev–Trinajstić information content (AvgIpc) is 2.53. The summed E-state index contributed by atoms with van der Waals surface area (Å²) in [6.07, 6.45) is 4.40. The zero-order chi connectivity index (χ0) is 11.1. The fraction of sp³-hybridized carbons (Fsp3) is 0.750. The molecule has 0 bridgehead atoms. The average molecular weight is 210 g/mol. The van der Waals surface area contributed by atoms with E-state index in [1.165, 1.54) is 0 Å². The molecule has 3 atom stereocenters. The number of hydrogen-bond acceptors (Lipinski definition) is 3. The Bertz CT molecular complexity index is 308. The van der Waals surface area contributed by atoms with E-state index in [2.05, 4.69) is 6.92 Å². The number of aliphatic hydroxyl groups excluding tert-OH is 1. The van der Waals surface area contributed by atoms with Gasteiger partial charge in [0, 0.05) is 18.8 Å². The summed E-state index contributed by atoms with van der Waals surface area (Å²) < 4.78 is 5.52. The number of carbonyl (C=O) groups is 1. The van der Waals surface area contributed by atoms with Gasteiger partial charge in [-0.15, -0.1) is 0 Å². The lowest BCUT2D eigenvalue weighted by atomic mass is 9.80. The van der Waals surface area contributed by atoms with E-state index >= 15 is 0 Å². The van der Waals surface area contributed by atoms with Gasteiger partial charge in [-0.05, 0) is 25.3 Å². The minimum absolute atomic E-state index is 0.106. The predicted molar refractivity (Wildman–Crippen MR) is 56.2 cm³/mol. The van der Waals surface area contributed by atoms with Gasteiger partial charge in [0.05, 0.1) is 6.10 Å². The Hall–Kier alpha value is -0.830. The number of esters is 1. The molecule has 0 radical (unpaired) electrons. The minimum atomic E-state index is -0.422. The number of ether oxygens (including phenoxy) is 1. The quantitative estimate of drug-likeness (QED) is 0.490. The van der Waals surface area contributed by atoms with Gasteiger partial charge >= 0.3 is 5.97 Å². The first-order chi connectivity index (χ1) is 7.04. The first kappa shape index (κ1) is 10.7. The molecule has 1 aliphatic heterocycles. The summed E-state index contributed by atoms with van der Waals surface area (Å²) in [6.45, 7) is 4.07. The Balaban J connectivity index is 2.34. The Labute approximate surface area is 90.1 Å². The van der Waals surface area contributed by atoms with Gasteiger partial charge in [0.15, 0.2) is 0 Å². The maximum Gasteiger partial charge on any atom is 0.306 e. The van der Waals surface area contributed by atoms with Gasteiger partial charge in [-0.1, -0.05) is 13.0 Å². The van der Waals surface area contributed by atoms with Crippen molar-refractivity contribution in [2.45, 2.75) is 51.2 Å². The van der Waals surface area contributed by atoms with E-state index in [-0.39, 0.29) is 12.1 Å². The molecule has 1 N–H and O–H groups in total. The number of carbonyl (C=O) groups excluding carboxylic acids is 1. The number of hydrogen-bond donors (Lipinski definition) is 1. The summed E-state index contributed by atoms with van der Waals surface area (Å²) in [6, 6.07) is 0. The van der Waals surface area contributed by atoms with Crippen molar-refractivity contribution in [3.63, 3.8) is 0 Å². The highest BCUT2D eigenvalue weighted by atomic mass is 16.6. The third-order valence-corrected chi connectivity index (χ3v) is 3.80. The van der Waals surface area contributed by atoms with Gasteiger partial charge in [-0.25, -0.2) is 0 Å². The summed E-state index contributed by atoms with van der Waals surface area (Å²) in [5.41, 5.74) is 0.597. The van der Waals surface area contributed by atoms with Crippen LogP contribution in [-0.4, -0.2) is 22.8 Å². The molecule has 1 spiro atoms. The van der Waals surface area contributed by atoms with E-state index in [1.54, 1.807) is 0 Å². The molecule has 3 heteroatoms. The van der Waals surface area contributed by atoms with Gasteiger partial charge < -0.3 is 9.84 Å². The van der Waals surface area contributed by atoms with Crippen LogP contribution in [0.3, 0.4) is 0 Å². The Morgan fingerprint density at radius 3 is 2.87 bits per heavy atom. The van der Waals surface area contributed by atoms with Crippen molar-refractivity contribution in [3.8, 4) is 0 Å². The summed E-state index contributed by atoms with van der Waals surface area (Å²) in [4.78, 5) is 11.3. The van der Waals surface area contributed by atoms with E-state index < -0.39 is 5.60 Å². The Morgan fingerprint density at radius 1 is 1.53 bits per heavy atom. The van der Waals surface area contributed by atoms with Crippen LogP contribution in [-0.2, 0) is 9.53 Å². The van der Waals surface area contributed by atoms with Crippen LogP contribution in [0.2, 0.25) is 0 Å². The van der Waals surface area contributed by atoms with Crippen LogP contribution in [0.4, 0.5) is 0 Å². The van der Waals surface area contributed by atoms with Crippen molar-refractivity contribution >= 4 is 5.97 Å². The van der Waals surface area contributed by atoms with Crippen LogP contribution in [0.25, 0.3) is 0 Å². The SMILES string of the molecule is CC1=C[C@@H](O)CC[C@@H](C)[C@@]12CCC(=O)O2. The number of aliphatic hydroxyl groups is 1. The Morgan fingerprint density at radius 2 is 2.27 bits per heavy atom. The minimum Gasteiger partial charge on any atom is -0.454 e. The summed E-state index contributed by atoms with van der Waals surface area (Å²) in [7, 11) is 0. The van der Waals surface area contributed by atoms with Gasteiger partial charge in [-0.3, -0.25) is 4.79 Å². The first-order valence-electron chi connectivity index (χ1n) is 5.63. The molecule has 0 unspecified atom stereocenters. The van der Waals surface area contributed by atoms with Crippen molar-refractivity contribution in [1.82, 2.24) is 0 Å². The second-order valence-electron chi connectivity index (χ2n) is 4.76. The first-order valence-corrected chi connectivity index (χ1v) is 5.63. The maximum atomic E-state index is 11.3. The fourth-order valence-electron chi connectivity index (χ4n) is 2.77. The number of rotatable bonds is 0. The van der Waals surface area contributed by atoms with Crippen molar-refractivity contribution < 1.29 is 14.6 Å². The lowest BCUT2D eigenvalue weighted by Gasteiger charge is -2.33. The lowest BCUT2D eigenvalue weighted by Crippen LogP contribution is -2.37. The smallest absolute Gasteiger partial charge is 0.306 e. The second-order valence-corrected chi connectivity index (χ2v) is 4.76. The van der Waals surface area contributed by atoms with Gasteiger partial charge in [0.2, 0.25) is 0 Å². The summed E-state index contributed by atoms with van der Waals surface area (Å²) in [5.74, 6) is 0.198. The van der Waals surface area contributed by atoms with E-state index in [9.17, 15) is 9.90 Å². The molecule has 2 aliphatic rings. The standard InChI is InChI=1S/C12H18O3/c1-8-3-4-10(13)7-9(2)12(8)6-5-11(14)15-12/h7-8,10,13H,3-6H2,1-2H3/t8-,10+,12+/m1/s1. The topological polar surface area (TPSA) is 46.5 Å². The maximum absolute atomic E-state index is 11.3. The summed E-state index contributed by atoms with van der Waals surface area (Å²) >= 11 is 0. The van der Waals surface area contributed by atoms with Crippen LogP contribution in [0.15, 0.2) is 11.6 Å². The highest BCUT2D eigenvalue weighted by molar-refractivity contribution is 5.73. The molecule has 1 saturated heterocycles. The molecule has 0 aromatic heterocycles. The molecule has 1 heterocycles. The molecular weight excluding hydrogens is 192 g/mol. The van der Waals surface area contributed by atoms with Crippen molar-refractivity contribution in [2.24, 2.45) is 5.92 Å². The van der Waals surface area contributed by atoms with Crippen LogP contribution in [0, 0.1) is 5.92 Å². The van der Waals surface area contributed by atoms with Crippen LogP contribution in [0.1, 0.15) is 39.5 Å². The molecule has 0 saturated carbocycles. The van der Waals surface area contributed by atoms with Gasteiger partial charge in [0.25, 0.3) is 0 Å². The molecule has 84 valence electrons. The second kappa shape index (κ2) is 3.63. The Kier molecular flexibility index (Phi) is 2.59. The molecule has 1 aliphatic carbocycles. The molecule has 2 rings (SSSR count). The highest BCUT2D eigenvalue weighted by Crippen LogP contribution is 2.43. The van der Waals surface area contributed by atoms with Crippen LogP contribution >= 0.6 is 0 Å². The highest BCUT2D eigenvalue weighted by Gasteiger charge is 2.47. The predicted octanol–water partition coefficient (Wildman–Crippen LogP) is 1.80. The lowest BCUT2D eigenvalue weighted by molar-refractivity contribution is -0.149.